The van der Waals surface area contributed by atoms with Crippen LogP contribution in [0.25, 0.3) is 10.2 Å². The van der Waals surface area contributed by atoms with Gasteiger partial charge in [0, 0.05) is 11.4 Å². The number of nitrogens with zero attached hydrogens (tertiary/aromatic N) is 4. The zero-order valence-electron chi connectivity index (χ0n) is 14.8. The number of thiophene rings is 1. The molecule has 4 rings (SSSR count). The van der Waals surface area contributed by atoms with Crippen LogP contribution < -0.4 is 5.56 Å². The van der Waals surface area contributed by atoms with Gasteiger partial charge >= 0.3 is 0 Å². The van der Waals surface area contributed by atoms with Gasteiger partial charge in [0.15, 0.2) is 11.0 Å². The van der Waals surface area contributed by atoms with E-state index in [0.717, 1.165) is 29.5 Å². The second-order valence-corrected chi connectivity index (χ2v) is 8.82. The fourth-order valence-corrected chi connectivity index (χ4v) is 5.54. The van der Waals surface area contributed by atoms with Crippen molar-refractivity contribution in [3.63, 3.8) is 0 Å². The lowest BCUT2D eigenvalue weighted by Gasteiger charge is -2.13. The van der Waals surface area contributed by atoms with Crippen molar-refractivity contribution in [3.8, 4) is 0 Å². The first-order valence-electron chi connectivity index (χ1n) is 8.71. The molecular formula is C18H20N4O2S2. The number of rotatable bonds is 5. The standard InChI is InChI=1S/C18H20N4O2S2/c1-4-9-22-17(23)14-12-7-5-6-8-13(12)26-16(14)20-18(22)25-10(2)15-19-11(3)21-24-15/h4,10H,1,5-9H2,2-3H3. The van der Waals surface area contributed by atoms with E-state index in [0.29, 0.717) is 23.4 Å². The number of hydrogen-bond acceptors (Lipinski definition) is 7. The molecule has 3 aromatic heterocycles. The Morgan fingerprint density at radius 1 is 1.38 bits per heavy atom. The summed E-state index contributed by atoms with van der Waals surface area (Å²) in [6.07, 6.45) is 6.10. The van der Waals surface area contributed by atoms with Gasteiger partial charge in [0.2, 0.25) is 5.89 Å². The van der Waals surface area contributed by atoms with Crippen LogP contribution in [0.15, 0.2) is 27.1 Å². The highest BCUT2D eigenvalue weighted by atomic mass is 32.2. The predicted molar refractivity (Wildman–Crippen MR) is 104 cm³/mol. The van der Waals surface area contributed by atoms with Crippen LogP contribution in [-0.4, -0.2) is 19.7 Å². The van der Waals surface area contributed by atoms with Gasteiger partial charge in [-0.2, -0.15) is 4.98 Å². The second-order valence-electron chi connectivity index (χ2n) is 6.43. The Morgan fingerprint density at radius 3 is 2.92 bits per heavy atom. The van der Waals surface area contributed by atoms with Crippen molar-refractivity contribution in [2.45, 2.75) is 56.5 Å². The van der Waals surface area contributed by atoms with E-state index in [1.54, 1.807) is 28.9 Å². The van der Waals surface area contributed by atoms with Gasteiger partial charge in [-0.25, -0.2) is 4.98 Å². The molecule has 0 N–H and O–H groups in total. The van der Waals surface area contributed by atoms with Crippen molar-refractivity contribution in [3.05, 3.63) is 45.2 Å². The minimum Gasteiger partial charge on any atom is -0.338 e. The summed E-state index contributed by atoms with van der Waals surface area (Å²) in [6.45, 7) is 8.00. The highest BCUT2D eigenvalue weighted by Gasteiger charge is 2.24. The molecule has 1 aliphatic rings. The number of hydrogen-bond donors (Lipinski definition) is 0. The van der Waals surface area contributed by atoms with E-state index in [9.17, 15) is 4.79 Å². The number of aromatic nitrogens is 4. The average molecular weight is 389 g/mol. The first-order chi connectivity index (χ1) is 12.6. The zero-order valence-corrected chi connectivity index (χ0v) is 16.5. The summed E-state index contributed by atoms with van der Waals surface area (Å²) in [7, 11) is 0. The van der Waals surface area contributed by atoms with Crippen LogP contribution in [0.1, 0.15) is 47.2 Å². The third-order valence-corrected chi connectivity index (χ3v) is 6.79. The lowest BCUT2D eigenvalue weighted by Crippen LogP contribution is -2.23. The van der Waals surface area contributed by atoms with Gasteiger partial charge < -0.3 is 4.52 Å². The minimum absolute atomic E-state index is 0.0331. The molecule has 0 aliphatic heterocycles. The Morgan fingerprint density at radius 2 is 2.19 bits per heavy atom. The smallest absolute Gasteiger partial charge is 0.263 e. The number of aryl methyl sites for hydroxylation is 3. The Balaban J connectivity index is 1.81. The van der Waals surface area contributed by atoms with Crippen molar-refractivity contribution < 1.29 is 4.52 Å². The van der Waals surface area contributed by atoms with E-state index in [1.807, 2.05) is 6.92 Å². The van der Waals surface area contributed by atoms with Crippen molar-refractivity contribution >= 4 is 33.3 Å². The first-order valence-corrected chi connectivity index (χ1v) is 10.4. The average Bonchev–Trinajstić information content (AvgIpc) is 3.21. The maximum Gasteiger partial charge on any atom is 0.263 e. The van der Waals surface area contributed by atoms with E-state index in [2.05, 4.69) is 16.7 Å². The molecule has 0 amide bonds. The maximum atomic E-state index is 13.2. The van der Waals surface area contributed by atoms with Crippen LogP contribution in [0, 0.1) is 6.92 Å². The van der Waals surface area contributed by atoms with Crippen molar-refractivity contribution in [1.82, 2.24) is 19.7 Å². The number of thioether (sulfide) groups is 1. The second kappa shape index (κ2) is 7.00. The summed E-state index contributed by atoms with van der Waals surface area (Å²) in [6, 6.07) is 0. The van der Waals surface area contributed by atoms with Crippen molar-refractivity contribution in [2.24, 2.45) is 0 Å². The zero-order chi connectivity index (χ0) is 18.3. The van der Waals surface area contributed by atoms with Gasteiger partial charge in [-0.3, -0.25) is 9.36 Å². The van der Waals surface area contributed by atoms with Crippen LogP contribution in [0.3, 0.4) is 0 Å². The summed E-state index contributed by atoms with van der Waals surface area (Å²) in [5.41, 5.74) is 1.24. The topological polar surface area (TPSA) is 73.8 Å². The molecule has 0 radical (unpaired) electrons. The third-order valence-electron chi connectivity index (χ3n) is 4.52. The van der Waals surface area contributed by atoms with E-state index in [4.69, 9.17) is 9.51 Å². The fraction of sp³-hybridized carbons (Fsp3) is 0.444. The van der Waals surface area contributed by atoms with Gasteiger partial charge in [0.1, 0.15) is 4.83 Å². The molecule has 0 spiro atoms. The summed E-state index contributed by atoms with van der Waals surface area (Å²) in [5, 5.41) is 5.23. The van der Waals surface area contributed by atoms with Gasteiger partial charge in [0.05, 0.1) is 10.6 Å². The first kappa shape index (κ1) is 17.5. The molecule has 8 heteroatoms. The quantitative estimate of drug-likeness (QED) is 0.373. The van der Waals surface area contributed by atoms with E-state index in [1.165, 1.54) is 28.6 Å². The number of allylic oxidation sites excluding steroid dienone is 1. The molecule has 3 aromatic rings. The highest BCUT2D eigenvalue weighted by Crippen LogP contribution is 2.37. The van der Waals surface area contributed by atoms with Crippen molar-refractivity contribution in [1.29, 1.82) is 0 Å². The van der Waals surface area contributed by atoms with Crippen LogP contribution in [0.5, 0.6) is 0 Å². The molecule has 1 aliphatic carbocycles. The monoisotopic (exact) mass is 388 g/mol. The third kappa shape index (κ3) is 3.01. The Kier molecular flexibility index (Phi) is 4.71. The molecule has 0 aromatic carbocycles. The number of fused-ring (bicyclic) bond motifs is 3. The predicted octanol–water partition coefficient (Wildman–Crippen LogP) is 4.07. The van der Waals surface area contributed by atoms with Crippen LogP contribution in [0.4, 0.5) is 0 Å². The Bertz CT molecular complexity index is 1030. The molecular weight excluding hydrogens is 368 g/mol. The van der Waals surface area contributed by atoms with Crippen LogP contribution >= 0.6 is 23.1 Å². The summed E-state index contributed by atoms with van der Waals surface area (Å²) in [5.74, 6) is 1.14. The Hall–Kier alpha value is -1.93. The molecule has 6 nitrogen and oxygen atoms in total. The van der Waals surface area contributed by atoms with Gasteiger partial charge in [-0.15, -0.1) is 17.9 Å². The van der Waals surface area contributed by atoms with E-state index >= 15 is 0 Å². The normalized spacial score (nSPS) is 15.2. The molecule has 0 bridgehead atoms. The Labute approximate surface area is 159 Å². The van der Waals surface area contributed by atoms with E-state index < -0.39 is 0 Å². The van der Waals surface area contributed by atoms with Gasteiger partial charge in [0.25, 0.3) is 5.56 Å². The molecule has 136 valence electrons. The summed E-state index contributed by atoms with van der Waals surface area (Å²) < 4.78 is 6.98. The molecule has 1 unspecified atom stereocenters. The lowest BCUT2D eigenvalue weighted by atomic mass is 9.97. The molecule has 3 heterocycles. The molecule has 1 atom stereocenters. The fourth-order valence-electron chi connectivity index (χ4n) is 3.29. The van der Waals surface area contributed by atoms with Gasteiger partial charge in [-0.05, 0) is 45.1 Å². The maximum absolute atomic E-state index is 13.2. The molecule has 0 saturated heterocycles. The SMILES string of the molecule is C=CCn1c(SC(C)c2nc(C)no2)nc2sc3c(c2c1=O)CCCC3. The molecule has 26 heavy (non-hydrogen) atoms. The highest BCUT2D eigenvalue weighted by molar-refractivity contribution is 7.99. The minimum atomic E-state index is -0.0915. The van der Waals surface area contributed by atoms with Crippen molar-refractivity contribution in [2.75, 3.05) is 0 Å². The molecule has 0 fully saturated rings. The summed E-state index contributed by atoms with van der Waals surface area (Å²) in [4.78, 5) is 24.5. The van der Waals surface area contributed by atoms with Crippen LogP contribution in [-0.2, 0) is 19.4 Å². The van der Waals surface area contributed by atoms with Crippen LogP contribution in [0.2, 0.25) is 0 Å². The van der Waals surface area contributed by atoms with E-state index in [-0.39, 0.29) is 10.8 Å². The van der Waals surface area contributed by atoms with Gasteiger partial charge in [-0.1, -0.05) is 23.0 Å². The largest absolute Gasteiger partial charge is 0.338 e. The molecule has 0 saturated carbocycles. The lowest BCUT2D eigenvalue weighted by molar-refractivity contribution is 0.376. The summed E-state index contributed by atoms with van der Waals surface area (Å²) >= 11 is 3.13.